The average molecular weight is 385 g/mol. The number of hydrogen-bond donors (Lipinski definition) is 1. The fourth-order valence-corrected chi connectivity index (χ4v) is 2.90. The molecule has 0 fully saturated rings. The van der Waals surface area contributed by atoms with Gasteiger partial charge in [-0.05, 0) is 47.9 Å². The Morgan fingerprint density at radius 1 is 0.893 bits per heavy atom. The lowest BCUT2D eigenvalue weighted by atomic mass is 9.92. The molecule has 2 N–H and O–H groups in total. The van der Waals surface area contributed by atoms with Gasteiger partial charge >= 0.3 is 0 Å². The van der Waals surface area contributed by atoms with E-state index < -0.39 is 0 Å². The van der Waals surface area contributed by atoms with Gasteiger partial charge in [-0.15, -0.1) is 0 Å². The Bertz CT molecular complexity index is 861. The van der Waals surface area contributed by atoms with Crippen LogP contribution in [0.3, 0.4) is 0 Å². The van der Waals surface area contributed by atoms with Gasteiger partial charge in [0, 0.05) is 11.1 Å². The molecule has 150 valence electrons. The first-order valence-electron chi connectivity index (χ1n) is 8.86. The van der Waals surface area contributed by atoms with Gasteiger partial charge in [-0.1, -0.05) is 13.8 Å². The van der Waals surface area contributed by atoms with Crippen molar-refractivity contribution in [3.05, 3.63) is 47.0 Å². The summed E-state index contributed by atoms with van der Waals surface area (Å²) in [5.41, 5.74) is 8.30. The van der Waals surface area contributed by atoms with Crippen molar-refractivity contribution < 1.29 is 23.7 Å². The predicted molar refractivity (Wildman–Crippen MR) is 111 cm³/mol. The Labute approximate surface area is 165 Å². The molecule has 6 nitrogen and oxygen atoms in total. The van der Waals surface area contributed by atoms with Gasteiger partial charge in [0.1, 0.15) is 5.75 Å². The van der Waals surface area contributed by atoms with Crippen LogP contribution in [0.4, 0.5) is 5.69 Å². The minimum absolute atomic E-state index is 0.00471. The van der Waals surface area contributed by atoms with Gasteiger partial charge < -0.3 is 24.7 Å². The molecule has 0 heterocycles. The summed E-state index contributed by atoms with van der Waals surface area (Å²) in [6.45, 7) is 3.93. The van der Waals surface area contributed by atoms with E-state index in [9.17, 15) is 4.79 Å². The number of rotatable bonds is 8. The fourth-order valence-electron chi connectivity index (χ4n) is 2.90. The van der Waals surface area contributed by atoms with Crippen molar-refractivity contribution in [3.63, 3.8) is 0 Å². The van der Waals surface area contributed by atoms with Crippen molar-refractivity contribution in [1.29, 1.82) is 0 Å². The highest BCUT2D eigenvalue weighted by atomic mass is 16.5. The van der Waals surface area contributed by atoms with Crippen LogP contribution < -0.4 is 24.7 Å². The SMILES string of the molecule is COc1ccc(C(=O)C(=Cc2cc(OC)c(OC)c(OC)c2)C(C)C)cc1N. The van der Waals surface area contributed by atoms with E-state index in [4.69, 9.17) is 24.7 Å². The largest absolute Gasteiger partial charge is 0.495 e. The molecule has 0 bridgehead atoms. The number of anilines is 1. The van der Waals surface area contributed by atoms with E-state index in [-0.39, 0.29) is 11.7 Å². The second-order valence-electron chi connectivity index (χ2n) is 6.50. The normalized spacial score (nSPS) is 11.3. The van der Waals surface area contributed by atoms with Crippen molar-refractivity contribution >= 4 is 17.5 Å². The first-order chi connectivity index (χ1) is 13.4. The molecule has 28 heavy (non-hydrogen) atoms. The Morgan fingerprint density at radius 3 is 1.89 bits per heavy atom. The molecule has 0 aliphatic carbocycles. The van der Waals surface area contributed by atoms with Crippen LogP contribution in [0.2, 0.25) is 0 Å². The topological polar surface area (TPSA) is 80.0 Å². The van der Waals surface area contributed by atoms with Crippen LogP contribution >= 0.6 is 0 Å². The minimum Gasteiger partial charge on any atom is -0.495 e. The van der Waals surface area contributed by atoms with Crippen LogP contribution in [-0.4, -0.2) is 34.2 Å². The molecule has 0 spiro atoms. The van der Waals surface area contributed by atoms with Crippen LogP contribution in [0.1, 0.15) is 29.8 Å². The molecular weight excluding hydrogens is 358 g/mol. The number of nitrogen functional groups attached to an aromatic ring is 1. The Hall–Kier alpha value is -3.15. The lowest BCUT2D eigenvalue weighted by molar-refractivity contribution is 0.102. The number of ether oxygens (including phenoxy) is 4. The standard InChI is InChI=1S/C22H27NO5/c1-13(2)16(21(24)15-7-8-18(25-3)17(23)12-15)9-14-10-19(26-4)22(28-6)20(11-14)27-5/h7-13H,23H2,1-6H3. The molecular formula is C22H27NO5. The summed E-state index contributed by atoms with van der Waals surface area (Å²) < 4.78 is 21.3. The average Bonchev–Trinajstić information content (AvgIpc) is 2.70. The number of methoxy groups -OCH3 is 4. The highest BCUT2D eigenvalue weighted by molar-refractivity contribution is 6.12. The molecule has 6 heteroatoms. The van der Waals surface area contributed by atoms with E-state index in [0.717, 1.165) is 5.56 Å². The van der Waals surface area contributed by atoms with Gasteiger partial charge in [0.15, 0.2) is 17.3 Å². The van der Waals surface area contributed by atoms with Gasteiger partial charge in [0.25, 0.3) is 0 Å². The van der Waals surface area contributed by atoms with Crippen molar-refractivity contribution in [2.45, 2.75) is 13.8 Å². The minimum atomic E-state index is -0.0990. The molecule has 2 aromatic carbocycles. The molecule has 0 saturated heterocycles. The molecule has 0 unspecified atom stereocenters. The molecule has 0 amide bonds. The molecule has 0 radical (unpaired) electrons. The third-order valence-corrected chi connectivity index (χ3v) is 4.39. The zero-order valence-corrected chi connectivity index (χ0v) is 17.2. The van der Waals surface area contributed by atoms with E-state index in [0.29, 0.717) is 39.8 Å². The molecule has 2 aromatic rings. The monoisotopic (exact) mass is 385 g/mol. The zero-order valence-electron chi connectivity index (χ0n) is 17.2. The Balaban J connectivity index is 2.53. The fraction of sp³-hybridized carbons (Fsp3) is 0.318. The van der Waals surface area contributed by atoms with E-state index in [1.165, 1.54) is 7.11 Å². The third-order valence-electron chi connectivity index (χ3n) is 4.39. The van der Waals surface area contributed by atoms with E-state index >= 15 is 0 Å². The number of benzene rings is 2. The Morgan fingerprint density at radius 2 is 1.46 bits per heavy atom. The molecule has 0 aliphatic heterocycles. The number of nitrogens with two attached hydrogens (primary N) is 1. The van der Waals surface area contributed by atoms with Gasteiger partial charge in [-0.2, -0.15) is 0 Å². The maximum Gasteiger partial charge on any atom is 0.203 e. The second-order valence-corrected chi connectivity index (χ2v) is 6.50. The summed E-state index contributed by atoms with van der Waals surface area (Å²) >= 11 is 0. The van der Waals surface area contributed by atoms with Gasteiger partial charge in [0.2, 0.25) is 5.75 Å². The van der Waals surface area contributed by atoms with E-state index in [2.05, 4.69) is 0 Å². The highest BCUT2D eigenvalue weighted by Crippen LogP contribution is 2.39. The third kappa shape index (κ3) is 4.39. The highest BCUT2D eigenvalue weighted by Gasteiger charge is 2.19. The van der Waals surface area contributed by atoms with Crippen molar-refractivity contribution in [2.75, 3.05) is 34.2 Å². The van der Waals surface area contributed by atoms with Crippen molar-refractivity contribution in [1.82, 2.24) is 0 Å². The summed E-state index contributed by atoms with van der Waals surface area (Å²) in [4.78, 5) is 13.1. The smallest absolute Gasteiger partial charge is 0.203 e. The predicted octanol–water partition coefficient (Wildman–Crippen LogP) is 4.23. The quantitative estimate of drug-likeness (QED) is 0.416. The zero-order chi connectivity index (χ0) is 20.8. The van der Waals surface area contributed by atoms with E-state index in [1.807, 2.05) is 19.9 Å². The molecule has 0 aliphatic rings. The van der Waals surface area contributed by atoms with Crippen LogP contribution in [0, 0.1) is 5.92 Å². The van der Waals surface area contributed by atoms with Gasteiger partial charge in [0.05, 0.1) is 34.1 Å². The van der Waals surface area contributed by atoms with Crippen LogP contribution in [0.5, 0.6) is 23.0 Å². The van der Waals surface area contributed by atoms with Gasteiger partial charge in [-0.25, -0.2) is 0 Å². The molecule has 0 atom stereocenters. The number of Topliss-reactive ketones (excluding diaryl/α,β-unsaturated/α-hetero) is 1. The Kier molecular flexibility index (Phi) is 6.93. The van der Waals surface area contributed by atoms with Crippen LogP contribution in [-0.2, 0) is 0 Å². The summed E-state index contributed by atoms with van der Waals surface area (Å²) in [7, 11) is 6.20. The van der Waals surface area contributed by atoms with E-state index in [1.54, 1.807) is 51.7 Å². The van der Waals surface area contributed by atoms with Gasteiger partial charge in [-0.3, -0.25) is 4.79 Å². The summed E-state index contributed by atoms with van der Waals surface area (Å²) in [6, 6.07) is 8.65. The number of hydrogen-bond acceptors (Lipinski definition) is 6. The summed E-state index contributed by atoms with van der Waals surface area (Å²) in [6.07, 6.45) is 1.83. The first-order valence-corrected chi connectivity index (χ1v) is 8.86. The van der Waals surface area contributed by atoms with Crippen LogP contribution in [0.15, 0.2) is 35.9 Å². The maximum atomic E-state index is 13.1. The molecule has 2 rings (SSSR count). The van der Waals surface area contributed by atoms with Crippen molar-refractivity contribution in [2.24, 2.45) is 5.92 Å². The second kappa shape index (κ2) is 9.17. The number of carbonyl (C=O) groups excluding carboxylic acids is 1. The summed E-state index contributed by atoms with van der Waals surface area (Å²) in [5.74, 6) is 1.99. The lowest BCUT2D eigenvalue weighted by Gasteiger charge is -2.15. The maximum absolute atomic E-state index is 13.1. The number of allylic oxidation sites excluding steroid dienone is 1. The number of carbonyl (C=O) groups is 1. The summed E-state index contributed by atoms with van der Waals surface area (Å²) in [5, 5.41) is 0. The van der Waals surface area contributed by atoms with Crippen molar-refractivity contribution in [3.8, 4) is 23.0 Å². The lowest BCUT2D eigenvalue weighted by Crippen LogP contribution is -2.10. The number of ketones is 1. The molecule has 0 saturated carbocycles. The molecule has 0 aromatic heterocycles. The first kappa shape index (κ1) is 21.2. The van der Waals surface area contributed by atoms with Crippen LogP contribution in [0.25, 0.3) is 6.08 Å².